The van der Waals surface area contributed by atoms with E-state index in [4.69, 9.17) is 4.43 Å². The zero-order valence-corrected chi connectivity index (χ0v) is 18.6. The van der Waals surface area contributed by atoms with Gasteiger partial charge in [0, 0.05) is 11.5 Å². The van der Waals surface area contributed by atoms with Crippen molar-refractivity contribution in [2.24, 2.45) is 5.92 Å². The molecule has 2 rings (SSSR count). The second kappa shape index (κ2) is 7.70. The number of halogens is 3. The quantitative estimate of drug-likeness (QED) is 0.356. The van der Waals surface area contributed by atoms with Gasteiger partial charge in [-0.05, 0) is 49.4 Å². The summed E-state index contributed by atoms with van der Waals surface area (Å²) in [5, 5.41) is -0.249. The first-order valence-electron chi connectivity index (χ1n) is 9.12. The van der Waals surface area contributed by atoms with Crippen LogP contribution in [0, 0.1) is 5.92 Å². The molecule has 1 saturated heterocycles. The number of allylic oxidation sites excluding steroid dienone is 2. The van der Waals surface area contributed by atoms with Crippen molar-refractivity contribution in [3.8, 4) is 0 Å². The summed E-state index contributed by atoms with van der Waals surface area (Å²) in [5.41, 5.74) is 0. The van der Waals surface area contributed by atoms with E-state index in [1.54, 1.807) is 0 Å². The number of hydrogen-bond donors (Lipinski definition) is 0. The Bertz CT molecular complexity index is 492. The zero-order chi connectivity index (χ0) is 18.9. The Balaban J connectivity index is 2.18. The summed E-state index contributed by atoms with van der Waals surface area (Å²) in [6.45, 7) is 9.65. The third-order valence-electron chi connectivity index (χ3n) is 5.76. The molecule has 1 heterocycles. The topological polar surface area (TPSA) is 9.23 Å². The van der Waals surface area contributed by atoms with Crippen molar-refractivity contribution in [1.82, 2.24) is 0 Å². The third-order valence-corrected chi connectivity index (χ3v) is 13.9. The number of thioether (sulfide) groups is 2. The van der Waals surface area contributed by atoms with E-state index in [0.29, 0.717) is 12.3 Å². The van der Waals surface area contributed by atoms with Crippen molar-refractivity contribution in [2.45, 2.75) is 81.3 Å². The lowest BCUT2D eigenvalue weighted by atomic mass is 9.85. The van der Waals surface area contributed by atoms with Gasteiger partial charge in [0.25, 0.3) is 0 Å². The molecule has 1 saturated carbocycles. The third kappa shape index (κ3) is 5.16. The first-order chi connectivity index (χ1) is 11.4. The minimum absolute atomic E-state index is 0.141. The van der Waals surface area contributed by atoms with Crippen LogP contribution >= 0.6 is 23.5 Å². The van der Waals surface area contributed by atoms with Gasteiger partial charge in [-0.25, -0.2) is 0 Å². The smallest absolute Gasteiger partial charge is 0.447 e. The van der Waals surface area contributed by atoms with Gasteiger partial charge in [0.15, 0.2) is 5.76 Å². The second-order valence-electron chi connectivity index (χ2n) is 8.62. The molecule has 2 fully saturated rings. The molecular formula is C18H31F3OS2Si. The molecule has 2 aliphatic rings. The van der Waals surface area contributed by atoms with E-state index in [1.165, 1.54) is 12.5 Å². The predicted molar refractivity (Wildman–Crippen MR) is 107 cm³/mol. The zero-order valence-electron chi connectivity index (χ0n) is 16.0. The normalized spacial score (nSPS) is 25.4. The average Bonchev–Trinajstić information content (AvgIpc) is 2.91. The molecule has 0 aromatic rings. The summed E-state index contributed by atoms with van der Waals surface area (Å²) in [5.74, 6) is 1.81. The summed E-state index contributed by atoms with van der Waals surface area (Å²) < 4.78 is 46.6. The Morgan fingerprint density at radius 2 is 1.76 bits per heavy atom. The molecule has 0 aromatic heterocycles. The molecule has 7 heteroatoms. The molecule has 0 bridgehead atoms. The molecule has 25 heavy (non-hydrogen) atoms. The van der Waals surface area contributed by atoms with Gasteiger partial charge in [-0.2, -0.15) is 13.2 Å². The van der Waals surface area contributed by atoms with E-state index in [0.717, 1.165) is 30.8 Å². The summed E-state index contributed by atoms with van der Waals surface area (Å²) in [6.07, 6.45) is 1.92. The van der Waals surface area contributed by atoms with Crippen molar-refractivity contribution in [3.05, 3.63) is 11.8 Å². The van der Waals surface area contributed by atoms with Gasteiger partial charge < -0.3 is 4.43 Å². The van der Waals surface area contributed by atoms with Crippen molar-refractivity contribution in [2.75, 3.05) is 11.5 Å². The molecule has 1 aliphatic heterocycles. The summed E-state index contributed by atoms with van der Waals surface area (Å²) in [6, 6.07) is 0. The lowest BCUT2D eigenvalue weighted by molar-refractivity contribution is -0.118. The van der Waals surface area contributed by atoms with Crippen LogP contribution in [-0.4, -0.2) is 30.1 Å². The maximum Gasteiger partial charge on any atom is 0.447 e. The second-order valence-corrected chi connectivity index (χ2v) is 16.4. The largest absolute Gasteiger partial charge is 0.540 e. The van der Waals surface area contributed by atoms with Crippen molar-refractivity contribution < 1.29 is 17.6 Å². The Kier molecular flexibility index (Phi) is 6.64. The summed E-state index contributed by atoms with van der Waals surface area (Å²) in [7, 11) is -2.50. The van der Waals surface area contributed by atoms with Crippen LogP contribution in [0.5, 0.6) is 0 Å². The van der Waals surface area contributed by atoms with Gasteiger partial charge in [0.2, 0.25) is 8.32 Å². The van der Waals surface area contributed by atoms with Crippen LogP contribution in [0.4, 0.5) is 13.2 Å². The first-order valence-corrected chi connectivity index (χ1v) is 14.0. The minimum atomic E-state index is -4.41. The van der Waals surface area contributed by atoms with Crippen LogP contribution < -0.4 is 0 Å². The Morgan fingerprint density at radius 3 is 2.28 bits per heavy atom. The fourth-order valence-electron chi connectivity index (χ4n) is 3.23. The van der Waals surface area contributed by atoms with Gasteiger partial charge in [0.05, 0.1) is 4.08 Å². The minimum Gasteiger partial charge on any atom is -0.540 e. The predicted octanol–water partition coefficient (Wildman–Crippen LogP) is 7.21. The number of rotatable bonds is 4. The van der Waals surface area contributed by atoms with E-state index in [2.05, 4.69) is 0 Å². The Hall–Kier alpha value is 0.247. The van der Waals surface area contributed by atoms with Crippen LogP contribution in [0.2, 0.25) is 18.1 Å². The van der Waals surface area contributed by atoms with E-state index in [-0.39, 0.29) is 9.12 Å². The highest BCUT2D eigenvalue weighted by Gasteiger charge is 2.47. The molecule has 0 N–H and O–H groups in total. The molecule has 1 nitrogen and oxygen atoms in total. The number of alkyl halides is 3. The van der Waals surface area contributed by atoms with Crippen molar-refractivity contribution in [3.63, 3.8) is 0 Å². The molecule has 146 valence electrons. The standard InChI is InChI=1S/C18H31F3OS2Si/c1-16(2,3)25(4,5)22-15(18(19,20)21)10-9-14-8-6-7-11-17(14)23-12-13-24-17/h10,14H,6-9,11-13H2,1-5H3/b15-10-. The fourth-order valence-corrected chi connectivity index (χ4v) is 7.95. The van der Waals surface area contributed by atoms with Crippen LogP contribution in [0.1, 0.15) is 52.9 Å². The Morgan fingerprint density at radius 1 is 1.16 bits per heavy atom. The molecule has 0 aromatic carbocycles. The van der Waals surface area contributed by atoms with Crippen LogP contribution in [0.25, 0.3) is 0 Å². The van der Waals surface area contributed by atoms with Crippen molar-refractivity contribution in [1.29, 1.82) is 0 Å². The maximum absolute atomic E-state index is 13.6. The number of hydrogen-bond acceptors (Lipinski definition) is 3. The van der Waals surface area contributed by atoms with Gasteiger partial charge >= 0.3 is 6.18 Å². The molecular weight excluding hydrogens is 381 g/mol. The highest BCUT2D eigenvalue weighted by molar-refractivity contribution is 8.21. The van der Waals surface area contributed by atoms with Crippen molar-refractivity contribution >= 4 is 31.8 Å². The molecule has 0 amide bonds. The van der Waals surface area contributed by atoms with E-state index in [9.17, 15) is 13.2 Å². The molecule has 1 aliphatic carbocycles. The maximum atomic E-state index is 13.6. The molecule has 1 atom stereocenters. The highest BCUT2D eigenvalue weighted by Crippen LogP contribution is 2.57. The van der Waals surface area contributed by atoms with Gasteiger partial charge in [0.1, 0.15) is 0 Å². The van der Waals surface area contributed by atoms with Gasteiger partial charge in [-0.1, -0.05) is 33.6 Å². The summed E-state index contributed by atoms with van der Waals surface area (Å²) in [4.78, 5) is 0. The van der Waals surface area contributed by atoms with E-state index < -0.39 is 20.3 Å². The fraction of sp³-hybridized carbons (Fsp3) is 0.889. The molecule has 1 unspecified atom stereocenters. The highest BCUT2D eigenvalue weighted by atomic mass is 32.2. The average molecular weight is 413 g/mol. The van der Waals surface area contributed by atoms with Gasteiger partial charge in [-0.15, -0.1) is 23.5 Å². The first kappa shape index (κ1) is 21.5. The van der Waals surface area contributed by atoms with Crippen LogP contribution in [0.15, 0.2) is 11.8 Å². The molecule has 1 spiro atoms. The lowest BCUT2D eigenvalue weighted by Crippen LogP contribution is -2.42. The van der Waals surface area contributed by atoms with E-state index >= 15 is 0 Å². The SMILES string of the molecule is CC(C)(C)[Si](C)(C)O/C(=C\CC1CCCCC12SCCS2)C(F)(F)F. The monoisotopic (exact) mass is 412 g/mol. The van der Waals surface area contributed by atoms with Crippen LogP contribution in [-0.2, 0) is 4.43 Å². The van der Waals surface area contributed by atoms with Gasteiger partial charge in [-0.3, -0.25) is 0 Å². The summed E-state index contributed by atoms with van der Waals surface area (Å²) >= 11 is 3.94. The molecule has 0 radical (unpaired) electrons. The lowest BCUT2D eigenvalue weighted by Gasteiger charge is -2.40. The van der Waals surface area contributed by atoms with Crippen LogP contribution in [0.3, 0.4) is 0 Å². The van der Waals surface area contributed by atoms with E-state index in [1.807, 2.05) is 57.4 Å². The Labute approximate surface area is 160 Å².